The topological polar surface area (TPSA) is 12.9 Å². The molecule has 0 amide bonds. The summed E-state index contributed by atoms with van der Waals surface area (Å²) in [5.41, 5.74) is 4.60. The molecular formula is C11H13NS. The van der Waals surface area contributed by atoms with Crippen molar-refractivity contribution in [3.63, 3.8) is 0 Å². The fourth-order valence-corrected chi connectivity index (χ4v) is 1.98. The van der Waals surface area contributed by atoms with E-state index in [1.165, 1.54) is 10.3 Å². The van der Waals surface area contributed by atoms with E-state index in [0.717, 1.165) is 5.52 Å². The molecule has 0 radical (unpaired) electrons. The number of benzene rings is 1. The van der Waals surface area contributed by atoms with Gasteiger partial charge >= 0.3 is 0 Å². The second-order valence-corrected chi connectivity index (χ2v) is 5.17. The van der Waals surface area contributed by atoms with Gasteiger partial charge in [0.1, 0.15) is 0 Å². The van der Waals surface area contributed by atoms with Crippen molar-refractivity contribution in [1.82, 2.24) is 4.98 Å². The predicted molar refractivity (Wildman–Crippen MR) is 58.3 cm³/mol. The molecule has 0 saturated carbocycles. The molecule has 0 N–H and O–H groups in total. The number of rotatable bonds is 0. The fraction of sp³-hybridized carbons (Fsp3) is 0.364. The maximum Gasteiger partial charge on any atom is 0.0814 e. The van der Waals surface area contributed by atoms with E-state index in [4.69, 9.17) is 0 Å². The van der Waals surface area contributed by atoms with Crippen LogP contribution >= 0.6 is 11.3 Å². The van der Waals surface area contributed by atoms with Gasteiger partial charge in [0.15, 0.2) is 0 Å². The van der Waals surface area contributed by atoms with Crippen LogP contribution < -0.4 is 0 Å². The Hall–Kier alpha value is -0.890. The molecule has 1 nitrogen and oxygen atoms in total. The molecule has 0 spiro atoms. The van der Waals surface area contributed by atoms with Gasteiger partial charge in [-0.05, 0) is 23.1 Å². The largest absolute Gasteiger partial charge is 0.245 e. The fourth-order valence-electron chi connectivity index (χ4n) is 1.32. The van der Waals surface area contributed by atoms with Crippen molar-refractivity contribution < 1.29 is 0 Å². The van der Waals surface area contributed by atoms with E-state index in [9.17, 15) is 0 Å². The molecule has 0 aliphatic rings. The van der Waals surface area contributed by atoms with Gasteiger partial charge in [0, 0.05) is 0 Å². The lowest BCUT2D eigenvalue weighted by molar-refractivity contribution is 0.591. The Morgan fingerprint density at radius 2 is 2.00 bits per heavy atom. The Labute approximate surface area is 82.4 Å². The summed E-state index contributed by atoms with van der Waals surface area (Å²) in [6, 6.07) is 6.54. The summed E-state index contributed by atoms with van der Waals surface area (Å²) >= 11 is 1.70. The van der Waals surface area contributed by atoms with Crippen molar-refractivity contribution in [3.8, 4) is 0 Å². The van der Waals surface area contributed by atoms with Gasteiger partial charge in [-0.3, -0.25) is 0 Å². The number of nitrogens with zero attached hydrogens (tertiary/aromatic N) is 1. The third-order valence-electron chi connectivity index (χ3n) is 2.20. The Bertz CT molecular complexity index is 423. The van der Waals surface area contributed by atoms with Gasteiger partial charge in [0.05, 0.1) is 15.7 Å². The minimum Gasteiger partial charge on any atom is -0.245 e. The first-order chi connectivity index (χ1) is 6.07. The van der Waals surface area contributed by atoms with Crippen molar-refractivity contribution in [2.75, 3.05) is 0 Å². The third kappa shape index (κ3) is 1.59. The second-order valence-electron chi connectivity index (χ2n) is 4.28. The van der Waals surface area contributed by atoms with Gasteiger partial charge in [-0.25, -0.2) is 4.98 Å². The smallest absolute Gasteiger partial charge is 0.0814 e. The predicted octanol–water partition coefficient (Wildman–Crippen LogP) is 3.59. The standard InChI is InChI=1S/C11H13NS/c1-11(2,3)8-4-5-10-9(6-8)12-7-13-10/h4-7H,1-3H3. The van der Waals surface area contributed by atoms with Crippen LogP contribution in [0, 0.1) is 0 Å². The van der Waals surface area contributed by atoms with Gasteiger partial charge in [0.25, 0.3) is 0 Å². The van der Waals surface area contributed by atoms with Crippen molar-refractivity contribution in [2.45, 2.75) is 26.2 Å². The van der Waals surface area contributed by atoms with Crippen molar-refractivity contribution in [3.05, 3.63) is 29.3 Å². The normalized spacial score (nSPS) is 12.2. The van der Waals surface area contributed by atoms with E-state index in [1.54, 1.807) is 11.3 Å². The average molecular weight is 191 g/mol. The molecule has 2 heteroatoms. The molecule has 0 atom stereocenters. The van der Waals surface area contributed by atoms with Gasteiger partial charge in [-0.2, -0.15) is 0 Å². The minimum absolute atomic E-state index is 0.220. The molecule has 0 bridgehead atoms. The van der Waals surface area contributed by atoms with Crippen LogP contribution in [-0.4, -0.2) is 4.98 Å². The molecule has 0 unspecified atom stereocenters. The summed E-state index contributed by atoms with van der Waals surface area (Å²) in [6.45, 7) is 6.67. The minimum atomic E-state index is 0.220. The molecule has 0 saturated heterocycles. The highest BCUT2D eigenvalue weighted by Crippen LogP contribution is 2.26. The van der Waals surface area contributed by atoms with E-state index >= 15 is 0 Å². The number of aromatic nitrogens is 1. The van der Waals surface area contributed by atoms with Crippen molar-refractivity contribution >= 4 is 21.6 Å². The summed E-state index contributed by atoms with van der Waals surface area (Å²) in [4.78, 5) is 4.31. The summed E-state index contributed by atoms with van der Waals surface area (Å²) in [6.07, 6.45) is 0. The Balaban J connectivity index is 2.61. The quantitative estimate of drug-likeness (QED) is 0.620. The van der Waals surface area contributed by atoms with Crippen molar-refractivity contribution in [2.24, 2.45) is 0 Å². The van der Waals surface area contributed by atoms with E-state index in [0.29, 0.717) is 0 Å². The third-order valence-corrected chi connectivity index (χ3v) is 3.01. The molecule has 1 aromatic carbocycles. The SMILES string of the molecule is CC(C)(C)c1ccc2scnc2c1. The maximum absolute atomic E-state index is 4.31. The number of thiazole rings is 1. The van der Waals surface area contributed by atoms with Crippen LogP contribution in [0.1, 0.15) is 26.3 Å². The summed E-state index contributed by atoms with van der Waals surface area (Å²) in [5.74, 6) is 0. The highest BCUT2D eigenvalue weighted by molar-refractivity contribution is 7.16. The van der Waals surface area contributed by atoms with Gasteiger partial charge in [-0.15, -0.1) is 11.3 Å². The van der Waals surface area contributed by atoms with E-state index < -0.39 is 0 Å². The first-order valence-corrected chi connectivity index (χ1v) is 5.29. The monoisotopic (exact) mass is 191 g/mol. The van der Waals surface area contributed by atoms with Crippen LogP contribution in [-0.2, 0) is 5.41 Å². The zero-order valence-corrected chi connectivity index (χ0v) is 8.98. The molecular weight excluding hydrogens is 178 g/mol. The van der Waals surface area contributed by atoms with E-state index in [1.807, 2.05) is 5.51 Å². The van der Waals surface area contributed by atoms with Crippen LogP contribution in [0.2, 0.25) is 0 Å². The van der Waals surface area contributed by atoms with Gasteiger partial charge < -0.3 is 0 Å². The van der Waals surface area contributed by atoms with Gasteiger partial charge in [0.2, 0.25) is 0 Å². The molecule has 0 aliphatic carbocycles. The highest BCUT2D eigenvalue weighted by Gasteiger charge is 2.13. The lowest BCUT2D eigenvalue weighted by Gasteiger charge is -2.18. The van der Waals surface area contributed by atoms with Crippen LogP contribution in [0.4, 0.5) is 0 Å². The zero-order valence-electron chi connectivity index (χ0n) is 8.16. The Morgan fingerprint density at radius 1 is 1.23 bits per heavy atom. The maximum atomic E-state index is 4.31. The van der Waals surface area contributed by atoms with Crippen LogP contribution in [0.25, 0.3) is 10.2 Å². The van der Waals surface area contributed by atoms with Gasteiger partial charge in [-0.1, -0.05) is 26.8 Å². The summed E-state index contributed by atoms with van der Waals surface area (Å²) in [7, 11) is 0. The summed E-state index contributed by atoms with van der Waals surface area (Å²) < 4.78 is 1.27. The number of hydrogen-bond acceptors (Lipinski definition) is 2. The van der Waals surface area contributed by atoms with E-state index in [2.05, 4.69) is 44.0 Å². The highest BCUT2D eigenvalue weighted by atomic mass is 32.1. The van der Waals surface area contributed by atoms with Crippen molar-refractivity contribution in [1.29, 1.82) is 0 Å². The van der Waals surface area contributed by atoms with Crippen LogP contribution in [0.5, 0.6) is 0 Å². The zero-order chi connectivity index (χ0) is 9.47. The summed E-state index contributed by atoms with van der Waals surface area (Å²) in [5, 5.41) is 0. The second kappa shape index (κ2) is 2.81. The molecule has 2 aromatic rings. The van der Waals surface area contributed by atoms with E-state index in [-0.39, 0.29) is 5.41 Å². The van der Waals surface area contributed by atoms with Crippen LogP contribution in [0.3, 0.4) is 0 Å². The molecule has 1 heterocycles. The average Bonchev–Trinajstić information content (AvgIpc) is 2.47. The molecule has 0 aliphatic heterocycles. The lowest BCUT2D eigenvalue weighted by Crippen LogP contribution is -2.10. The molecule has 0 fully saturated rings. The molecule has 1 aromatic heterocycles. The number of fused-ring (bicyclic) bond motifs is 1. The molecule has 2 rings (SSSR count). The lowest BCUT2D eigenvalue weighted by atomic mass is 9.87. The van der Waals surface area contributed by atoms with Crippen LogP contribution in [0.15, 0.2) is 23.7 Å². The molecule has 13 heavy (non-hydrogen) atoms. The molecule has 68 valence electrons. The Kier molecular flexibility index (Phi) is 1.88. The first-order valence-electron chi connectivity index (χ1n) is 4.41. The Morgan fingerprint density at radius 3 is 2.69 bits per heavy atom. The first kappa shape index (κ1) is 8.70. The number of hydrogen-bond donors (Lipinski definition) is 0.